The van der Waals surface area contributed by atoms with Gasteiger partial charge in [-0.25, -0.2) is 5.06 Å². The minimum atomic E-state index is -1.36. The predicted octanol–water partition coefficient (Wildman–Crippen LogP) is 0.413. The molecule has 0 bridgehead atoms. The summed E-state index contributed by atoms with van der Waals surface area (Å²) in [7, 11) is 2.85. The number of hydroxylamine groups is 2. The van der Waals surface area contributed by atoms with Gasteiger partial charge in [-0.2, -0.15) is 0 Å². The van der Waals surface area contributed by atoms with Crippen molar-refractivity contribution in [2.45, 2.75) is 26.4 Å². The summed E-state index contributed by atoms with van der Waals surface area (Å²) in [5, 5.41) is 10.7. The Morgan fingerprint density at radius 2 is 2.00 bits per heavy atom. The van der Waals surface area contributed by atoms with E-state index in [1.807, 2.05) is 0 Å². The number of amides is 1. The van der Waals surface area contributed by atoms with Gasteiger partial charge in [-0.3, -0.25) is 9.63 Å². The molecular weight excluding hydrogens is 158 g/mol. The first-order valence-corrected chi connectivity index (χ1v) is 3.88. The molecule has 1 atom stereocenters. The van der Waals surface area contributed by atoms with Gasteiger partial charge >= 0.3 is 0 Å². The first kappa shape index (κ1) is 11.4. The maximum absolute atomic E-state index is 11.4. The van der Waals surface area contributed by atoms with E-state index in [0.717, 1.165) is 5.06 Å². The number of hydrogen-bond acceptors (Lipinski definition) is 3. The quantitative estimate of drug-likeness (QED) is 0.632. The fourth-order valence-corrected chi connectivity index (χ4v) is 0.649. The van der Waals surface area contributed by atoms with Crippen LogP contribution in [-0.2, 0) is 9.63 Å². The average molecular weight is 175 g/mol. The summed E-state index contributed by atoms with van der Waals surface area (Å²) < 4.78 is 0. The second-order valence-electron chi connectivity index (χ2n) is 3.29. The molecule has 1 unspecified atom stereocenters. The third-order valence-corrected chi connectivity index (χ3v) is 2.12. The Bertz CT molecular complexity index is 166. The molecule has 0 heterocycles. The highest BCUT2D eigenvalue weighted by Gasteiger charge is 2.36. The van der Waals surface area contributed by atoms with E-state index in [4.69, 9.17) is 0 Å². The Hall–Kier alpha value is -0.610. The first-order chi connectivity index (χ1) is 5.34. The van der Waals surface area contributed by atoms with Crippen LogP contribution in [0.5, 0.6) is 0 Å². The maximum atomic E-state index is 11.4. The Balaban J connectivity index is 4.46. The van der Waals surface area contributed by atoms with Crippen LogP contribution in [0.25, 0.3) is 0 Å². The molecule has 0 rings (SSSR count). The Morgan fingerprint density at radius 1 is 1.58 bits per heavy atom. The third-order valence-electron chi connectivity index (χ3n) is 2.12. The largest absolute Gasteiger partial charge is 0.380 e. The Morgan fingerprint density at radius 3 is 2.25 bits per heavy atom. The van der Waals surface area contributed by atoms with E-state index in [0.29, 0.717) is 0 Å². The SMILES string of the molecule is CON(C)C(=O)C(C)(O)C(C)C. The van der Waals surface area contributed by atoms with Crippen LogP contribution in [0.1, 0.15) is 20.8 Å². The van der Waals surface area contributed by atoms with E-state index in [1.54, 1.807) is 13.8 Å². The number of rotatable bonds is 3. The summed E-state index contributed by atoms with van der Waals surface area (Å²) >= 11 is 0. The van der Waals surface area contributed by atoms with Gasteiger partial charge in [0.05, 0.1) is 7.11 Å². The summed E-state index contributed by atoms with van der Waals surface area (Å²) in [6.45, 7) is 5.04. The van der Waals surface area contributed by atoms with Crippen molar-refractivity contribution in [3.8, 4) is 0 Å². The van der Waals surface area contributed by atoms with Gasteiger partial charge in [0.25, 0.3) is 5.91 Å². The van der Waals surface area contributed by atoms with Crippen molar-refractivity contribution in [1.29, 1.82) is 0 Å². The molecule has 0 aliphatic rings. The molecule has 0 saturated carbocycles. The molecule has 0 fully saturated rings. The van der Waals surface area contributed by atoms with Gasteiger partial charge in [0.2, 0.25) is 0 Å². The van der Waals surface area contributed by atoms with Gasteiger partial charge in [0.15, 0.2) is 0 Å². The lowest BCUT2D eigenvalue weighted by molar-refractivity contribution is -0.190. The predicted molar refractivity (Wildman–Crippen MR) is 45.2 cm³/mol. The summed E-state index contributed by atoms with van der Waals surface area (Å²) in [5.41, 5.74) is -1.36. The molecule has 1 N–H and O–H groups in total. The van der Waals surface area contributed by atoms with Crippen LogP contribution in [-0.4, -0.2) is 35.8 Å². The van der Waals surface area contributed by atoms with Gasteiger partial charge < -0.3 is 5.11 Å². The molecule has 1 amide bonds. The highest BCUT2D eigenvalue weighted by molar-refractivity contribution is 5.83. The molecular formula is C8H17NO3. The van der Waals surface area contributed by atoms with Crippen LogP contribution in [0.4, 0.5) is 0 Å². The fourth-order valence-electron chi connectivity index (χ4n) is 0.649. The van der Waals surface area contributed by atoms with Crippen molar-refractivity contribution in [1.82, 2.24) is 5.06 Å². The summed E-state index contributed by atoms with van der Waals surface area (Å²) in [4.78, 5) is 16.1. The number of carbonyl (C=O) groups excluding carboxylic acids is 1. The minimum absolute atomic E-state index is 0.136. The second kappa shape index (κ2) is 3.87. The molecule has 0 aromatic carbocycles. The molecule has 0 aromatic rings. The molecule has 0 radical (unpaired) electrons. The van der Waals surface area contributed by atoms with Crippen molar-refractivity contribution in [3.05, 3.63) is 0 Å². The van der Waals surface area contributed by atoms with Crippen molar-refractivity contribution >= 4 is 5.91 Å². The molecule has 0 saturated heterocycles. The maximum Gasteiger partial charge on any atom is 0.277 e. The zero-order valence-electron chi connectivity index (χ0n) is 8.29. The fraction of sp³-hybridized carbons (Fsp3) is 0.875. The zero-order valence-corrected chi connectivity index (χ0v) is 8.29. The van der Waals surface area contributed by atoms with E-state index in [1.165, 1.54) is 21.1 Å². The second-order valence-corrected chi connectivity index (χ2v) is 3.29. The number of nitrogens with zero attached hydrogens (tertiary/aromatic N) is 1. The van der Waals surface area contributed by atoms with E-state index in [2.05, 4.69) is 4.84 Å². The number of aliphatic hydroxyl groups is 1. The molecule has 0 aliphatic heterocycles. The van der Waals surface area contributed by atoms with E-state index in [9.17, 15) is 9.90 Å². The highest BCUT2D eigenvalue weighted by atomic mass is 16.7. The monoisotopic (exact) mass is 175 g/mol. The topological polar surface area (TPSA) is 49.8 Å². The molecule has 12 heavy (non-hydrogen) atoms. The van der Waals surface area contributed by atoms with Gasteiger partial charge in [-0.05, 0) is 12.8 Å². The normalized spacial score (nSPS) is 15.9. The van der Waals surface area contributed by atoms with Crippen LogP contribution in [0.3, 0.4) is 0 Å². The van der Waals surface area contributed by atoms with Crippen LogP contribution < -0.4 is 0 Å². The van der Waals surface area contributed by atoms with Crippen molar-refractivity contribution < 1.29 is 14.7 Å². The van der Waals surface area contributed by atoms with Crippen molar-refractivity contribution in [3.63, 3.8) is 0 Å². The van der Waals surface area contributed by atoms with Crippen molar-refractivity contribution in [2.24, 2.45) is 5.92 Å². The van der Waals surface area contributed by atoms with Crippen molar-refractivity contribution in [2.75, 3.05) is 14.2 Å². The summed E-state index contributed by atoms with van der Waals surface area (Å²) in [6, 6.07) is 0. The average Bonchev–Trinajstić information content (AvgIpc) is 2.01. The van der Waals surface area contributed by atoms with Crippen LogP contribution in [0.2, 0.25) is 0 Å². The Labute approximate surface area is 73.1 Å². The van der Waals surface area contributed by atoms with Gasteiger partial charge in [0, 0.05) is 7.05 Å². The first-order valence-electron chi connectivity index (χ1n) is 3.88. The lowest BCUT2D eigenvalue weighted by Gasteiger charge is -2.29. The lowest BCUT2D eigenvalue weighted by Crippen LogP contribution is -2.48. The smallest absolute Gasteiger partial charge is 0.277 e. The van der Waals surface area contributed by atoms with E-state index in [-0.39, 0.29) is 5.92 Å². The number of hydrogen-bond donors (Lipinski definition) is 1. The van der Waals surface area contributed by atoms with Crippen LogP contribution in [0.15, 0.2) is 0 Å². The van der Waals surface area contributed by atoms with Gasteiger partial charge in [-0.15, -0.1) is 0 Å². The molecule has 4 heteroatoms. The molecule has 72 valence electrons. The number of likely N-dealkylation sites (N-methyl/N-ethyl adjacent to an activating group) is 1. The summed E-state index contributed by atoms with van der Waals surface area (Å²) in [5.74, 6) is -0.567. The van der Waals surface area contributed by atoms with Crippen LogP contribution >= 0.6 is 0 Å². The molecule has 0 aromatic heterocycles. The summed E-state index contributed by atoms with van der Waals surface area (Å²) in [6.07, 6.45) is 0. The van der Waals surface area contributed by atoms with Gasteiger partial charge in [-0.1, -0.05) is 13.8 Å². The highest BCUT2D eigenvalue weighted by Crippen LogP contribution is 2.18. The third kappa shape index (κ3) is 2.19. The standard InChI is InChI=1S/C8H17NO3/c1-6(2)8(3,11)7(10)9(4)12-5/h6,11H,1-5H3. The zero-order chi connectivity index (χ0) is 9.94. The lowest BCUT2D eigenvalue weighted by atomic mass is 9.92. The molecule has 4 nitrogen and oxygen atoms in total. The van der Waals surface area contributed by atoms with E-state index < -0.39 is 11.5 Å². The Kier molecular flexibility index (Phi) is 3.67. The van der Waals surface area contributed by atoms with E-state index >= 15 is 0 Å². The van der Waals surface area contributed by atoms with Crippen LogP contribution in [0, 0.1) is 5.92 Å². The van der Waals surface area contributed by atoms with Gasteiger partial charge in [0.1, 0.15) is 5.60 Å². The molecule has 0 spiro atoms. The number of carbonyl (C=O) groups is 1. The molecule has 0 aliphatic carbocycles. The minimum Gasteiger partial charge on any atom is -0.380 e.